The molecule has 1 aliphatic carbocycles. The lowest BCUT2D eigenvalue weighted by atomic mass is 9.84. The quantitative estimate of drug-likeness (QED) is 0.458. The zero-order chi connectivity index (χ0) is 24.0. The summed E-state index contributed by atoms with van der Waals surface area (Å²) >= 11 is 0. The highest BCUT2D eigenvalue weighted by atomic mass is 16.7. The Labute approximate surface area is 201 Å². The van der Waals surface area contributed by atoms with E-state index in [9.17, 15) is 4.79 Å². The summed E-state index contributed by atoms with van der Waals surface area (Å²) in [7, 11) is 0. The van der Waals surface area contributed by atoms with Gasteiger partial charge in [-0.1, -0.05) is 79.0 Å². The van der Waals surface area contributed by atoms with E-state index in [-0.39, 0.29) is 17.5 Å². The van der Waals surface area contributed by atoms with Gasteiger partial charge in [0.2, 0.25) is 0 Å². The molecule has 0 bridgehead atoms. The Morgan fingerprint density at radius 2 is 1.55 bits per heavy atom. The summed E-state index contributed by atoms with van der Waals surface area (Å²) in [6.45, 7) is 15.0. The number of benzene rings is 1. The van der Waals surface area contributed by atoms with Crippen molar-refractivity contribution in [3.63, 3.8) is 0 Å². The minimum atomic E-state index is -0.409. The van der Waals surface area contributed by atoms with Crippen molar-refractivity contribution in [2.24, 2.45) is 5.41 Å². The van der Waals surface area contributed by atoms with Gasteiger partial charge in [0.25, 0.3) is 0 Å². The van der Waals surface area contributed by atoms with Crippen LogP contribution in [0.4, 0.5) is 10.5 Å². The molecule has 1 N–H and O–H groups in total. The van der Waals surface area contributed by atoms with Gasteiger partial charge in [0, 0.05) is 11.5 Å². The Hall–Kier alpha value is -1.59. The molecule has 0 radical (unpaired) electrons. The van der Waals surface area contributed by atoms with Crippen LogP contribution in [0, 0.1) is 5.41 Å². The Morgan fingerprint density at radius 3 is 2.03 bits per heavy atom. The highest BCUT2D eigenvalue weighted by molar-refractivity contribution is 5.94. The Morgan fingerprint density at radius 1 is 1.00 bits per heavy atom. The predicted molar refractivity (Wildman–Crippen MR) is 136 cm³/mol. The number of amides is 2. The van der Waals surface area contributed by atoms with Crippen LogP contribution in [0.15, 0.2) is 18.2 Å². The number of urea groups is 1. The first-order valence-electron chi connectivity index (χ1n) is 13.2. The molecular weight excluding hydrogens is 412 g/mol. The van der Waals surface area contributed by atoms with Crippen LogP contribution < -0.4 is 10.2 Å². The van der Waals surface area contributed by atoms with Crippen LogP contribution in [0.2, 0.25) is 0 Å². The first-order valence-corrected chi connectivity index (χ1v) is 13.2. The van der Waals surface area contributed by atoms with E-state index in [0.29, 0.717) is 31.6 Å². The highest BCUT2D eigenvalue weighted by Gasteiger charge is 2.36. The van der Waals surface area contributed by atoms with Crippen molar-refractivity contribution in [2.45, 2.75) is 111 Å². The predicted octanol–water partition coefficient (Wildman–Crippen LogP) is 6.96. The van der Waals surface area contributed by atoms with Gasteiger partial charge in [-0.25, -0.2) is 4.79 Å². The van der Waals surface area contributed by atoms with E-state index in [4.69, 9.17) is 9.47 Å². The van der Waals surface area contributed by atoms with Crippen LogP contribution in [0.25, 0.3) is 0 Å². The van der Waals surface area contributed by atoms with Gasteiger partial charge in [-0.2, -0.15) is 0 Å². The van der Waals surface area contributed by atoms with Gasteiger partial charge in [-0.15, -0.1) is 0 Å². The Balaban J connectivity index is 1.90. The SMILES string of the molecule is CCC1(CC)COC(CN(C(=O)NC2CCCCC2)c2c(C(C)C)cccc2C(C)C)OC1. The van der Waals surface area contributed by atoms with Crippen molar-refractivity contribution >= 4 is 11.7 Å². The van der Waals surface area contributed by atoms with Crippen molar-refractivity contribution in [2.75, 3.05) is 24.7 Å². The minimum absolute atomic E-state index is 0.0214. The molecule has 0 spiro atoms. The van der Waals surface area contributed by atoms with Gasteiger partial charge in [-0.3, -0.25) is 4.90 Å². The van der Waals surface area contributed by atoms with E-state index in [1.165, 1.54) is 30.4 Å². The molecule has 186 valence electrons. The van der Waals surface area contributed by atoms with Crippen LogP contribution in [0.3, 0.4) is 0 Å². The molecule has 1 saturated carbocycles. The first-order chi connectivity index (χ1) is 15.8. The molecule has 0 aromatic heterocycles. The maximum atomic E-state index is 13.8. The third-order valence-electron chi connectivity index (χ3n) is 7.77. The summed E-state index contributed by atoms with van der Waals surface area (Å²) in [5.74, 6) is 0.620. The summed E-state index contributed by atoms with van der Waals surface area (Å²) in [6.07, 6.45) is 7.44. The van der Waals surface area contributed by atoms with Crippen LogP contribution in [-0.4, -0.2) is 38.1 Å². The molecule has 1 aromatic rings. The monoisotopic (exact) mass is 458 g/mol. The summed E-state index contributed by atoms with van der Waals surface area (Å²) in [4.78, 5) is 15.7. The minimum Gasteiger partial charge on any atom is -0.350 e. The second-order valence-electron chi connectivity index (χ2n) is 10.7. The normalized spacial score (nSPS) is 19.8. The lowest BCUT2D eigenvalue weighted by Gasteiger charge is -2.41. The summed E-state index contributed by atoms with van der Waals surface area (Å²) in [6, 6.07) is 6.68. The van der Waals surface area contributed by atoms with E-state index in [1.807, 2.05) is 4.90 Å². The molecule has 2 amide bonds. The van der Waals surface area contributed by atoms with E-state index in [1.54, 1.807) is 0 Å². The van der Waals surface area contributed by atoms with Crippen LogP contribution in [0.1, 0.15) is 109 Å². The van der Waals surface area contributed by atoms with Gasteiger partial charge in [-0.05, 0) is 48.6 Å². The van der Waals surface area contributed by atoms with Crippen molar-refractivity contribution in [1.82, 2.24) is 5.32 Å². The maximum absolute atomic E-state index is 13.8. The van der Waals surface area contributed by atoms with E-state index in [2.05, 4.69) is 65.1 Å². The zero-order valence-corrected chi connectivity index (χ0v) is 21.8. The molecule has 0 atom stereocenters. The van der Waals surface area contributed by atoms with Gasteiger partial charge in [0.1, 0.15) is 0 Å². The van der Waals surface area contributed by atoms with E-state index in [0.717, 1.165) is 31.4 Å². The number of carbonyl (C=O) groups is 1. The molecule has 1 saturated heterocycles. The molecule has 5 heteroatoms. The molecule has 33 heavy (non-hydrogen) atoms. The average Bonchev–Trinajstić information content (AvgIpc) is 2.83. The number of rotatable bonds is 8. The van der Waals surface area contributed by atoms with Crippen molar-refractivity contribution < 1.29 is 14.3 Å². The summed E-state index contributed by atoms with van der Waals surface area (Å²) < 4.78 is 12.4. The summed E-state index contributed by atoms with van der Waals surface area (Å²) in [5.41, 5.74) is 3.52. The fourth-order valence-electron chi connectivity index (χ4n) is 5.14. The lowest BCUT2D eigenvalue weighted by Crippen LogP contribution is -2.52. The van der Waals surface area contributed by atoms with Crippen LogP contribution in [-0.2, 0) is 9.47 Å². The molecule has 0 unspecified atom stereocenters. The second kappa shape index (κ2) is 11.7. The second-order valence-corrected chi connectivity index (χ2v) is 10.7. The molecule has 1 heterocycles. The molecule has 2 aliphatic rings. The zero-order valence-electron chi connectivity index (χ0n) is 21.8. The molecule has 5 nitrogen and oxygen atoms in total. The van der Waals surface area contributed by atoms with Crippen molar-refractivity contribution in [3.8, 4) is 0 Å². The molecule has 3 rings (SSSR count). The first kappa shape index (κ1) is 26.0. The number of nitrogens with one attached hydrogen (secondary N) is 1. The topological polar surface area (TPSA) is 50.8 Å². The largest absolute Gasteiger partial charge is 0.350 e. The number of hydrogen-bond donors (Lipinski definition) is 1. The number of carbonyl (C=O) groups excluding carboxylic acids is 1. The third kappa shape index (κ3) is 6.30. The van der Waals surface area contributed by atoms with E-state index < -0.39 is 6.29 Å². The van der Waals surface area contributed by atoms with Gasteiger partial charge in [0.15, 0.2) is 6.29 Å². The molecule has 1 aromatic carbocycles. The van der Waals surface area contributed by atoms with Crippen LogP contribution >= 0.6 is 0 Å². The van der Waals surface area contributed by atoms with Gasteiger partial charge < -0.3 is 14.8 Å². The van der Waals surface area contributed by atoms with Gasteiger partial charge in [0.05, 0.1) is 25.4 Å². The number of nitrogens with zero attached hydrogens (tertiary/aromatic N) is 1. The standard InChI is InChI=1S/C28H46N2O3/c1-7-28(8-2)18-32-25(33-19-28)17-30(27(31)29-22-13-10-9-11-14-22)26-23(20(3)4)15-12-16-24(26)21(5)6/h12,15-16,20-22,25H,7-11,13-14,17-19H2,1-6H3,(H,29,31). The maximum Gasteiger partial charge on any atom is 0.322 e. The fraction of sp³-hybridized carbons (Fsp3) is 0.750. The van der Waals surface area contributed by atoms with Crippen molar-refractivity contribution in [3.05, 3.63) is 29.3 Å². The number of para-hydroxylation sites is 1. The van der Waals surface area contributed by atoms with Crippen LogP contribution in [0.5, 0.6) is 0 Å². The molecule has 1 aliphatic heterocycles. The third-order valence-corrected chi connectivity index (χ3v) is 7.77. The summed E-state index contributed by atoms with van der Waals surface area (Å²) in [5, 5.41) is 3.35. The molecule has 2 fully saturated rings. The molecular formula is C28H46N2O3. The van der Waals surface area contributed by atoms with E-state index >= 15 is 0 Å². The number of ether oxygens (including phenoxy) is 2. The Bertz CT molecular complexity index is 730. The highest BCUT2D eigenvalue weighted by Crippen LogP contribution is 2.37. The lowest BCUT2D eigenvalue weighted by molar-refractivity contribution is -0.225. The van der Waals surface area contributed by atoms with Crippen molar-refractivity contribution in [1.29, 1.82) is 0 Å². The fourth-order valence-corrected chi connectivity index (χ4v) is 5.14. The smallest absolute Gasteiger partial charge is 0.322 e. The number of hydrogen-bond acceptors (Lipinski definition) is 3. The van der Waals surface area contributed by atoms with Gasteiger partial charge >= 0.3 is 6.03 Å². The number of anilines is 1. The average molecular weight is 459 g/mol. The Kier molecular flexibility index (Phi) is 9.23.